The maximum atomic E-state index is 13.8. The lowest BCUT2D eigenvalue weighted by molar-refractivity contribution is -0.387. The third-order valence-electron chi connectivity index (χ3n) is 5.48. The lowest BCUT2D eigenvalue weighted by atomic mass is 10.2. The van der Waals surface area contributed by atoms with Gasteiger partial charge in [0.2, 0.25) is 10.0 Å². The molecule has 43 heavy (non-hydrogen) atoms. The number of alkyl carbamates (subject to hydrolysis) is 1. The fraction of sp³-hybridized carbons (Fsp3) is 0.462. The first-order valence-electron chi connectivity index (χ1n) is 13.1. The lowest BCUT2D eigenvalue weighted by Crippen LogP contribution is -2.46. The summed E-state index contributed by atoms with van der Waals surface area (Å²) in [5.74, 6) is 0.151. The van der Waals surface area contributed by atoms with Crippen molar-refractivity contribution in [3.05, 3.63) is 57.3 Å². The normalized spacial score (nSPS) is 12.3. The standard InChI is InChI=1S/C26H34BrN7O8S/c1-25(2,3)41-23(35)28-12-14-31(43(39,40)20-10-8-7-9-19(20)34(37)38)15-16-32(24(36)42-26(4,5)6)21-11-13-33-22(30-21)18(27)17-29-33/h7-11,13,17H,12,14-16H2,1-6H3,(H,28,35). The number of hydrogen-bond acceptors (Lipinski definition) is 10. The van der Waals surface area contributed by atoms with Crippen LogP contribution in [0.25, 0.3) is 5.65 Å². The van der Waals surface area contributed by atoms with Crippen molar-refractivity contribution >= 4 is 55.3 Å². The molecular formula is C26H34BrN7O8S. The third kappa shape index (κ3) is 9.08. The number of aromatic nitrogens is 3. The largest absolute Gasteiger partial charge is 0.444 e. The Morgan fingerprint density at radius 2 is 1.70 bits per heavy atom. The summed E-state index contributed by atoms with van der Waals surface area (Å²) in [6.07, 6.45) is 1.54. The number of sulfonamides is 1. The number of fused-ring (bicyclic) bond motifs is 1. The summed E-state index contributed by atoms with van der Waals surface area (Å²) < 4.78 is 41.4. The zero-order valence-electron chi connectivity index (χ0n) is 24.6. The van der Waals surface area contributed by atoms with Crippen LogP contribution >= 0.6 is 15.9 Å². The monoisotopic (exact) mass is 683 g/mol. The Balaban J connectivity index is 1.97. The van der Waals surface area contributed by atoms with Crippen LogP contribution in [0.4, 0.5) is 21.1 Å². The molecule has 3 rings (SSSR count). The van der Waals surface area contributed by atoms with E-state index in [1.807, 2.05) is 0 Å². The van der Waals surface area contributed by atoms with Crippen molar-refractivity contribution in [1.29, 1.82) is 0 Å². The molecule has 1 N–H and O–H groups in total. The molecule has 0 aliphatic heterocycles. The van der Waals surface area contributed by atoms with E-state index in [-0.39, 0.29) is 32.0 Å². The van der Waals surface area contributed by atoms with E-state index in [1.165, 1.54) is 28.9 Å². The Labute approximate surface area is 257 Å². The average Bonchev–Trinajstić information content (AvgIpc) is 3.25. The second kappa shape index (κ2) is 13.2. The van der Waals surface area contributed by atoms with Crippen molar-refractivity contribution < 1.29 is 32.4 Å². The molecule has 17 heteroatoms. The van der Waals surface area contributed by atoms with Crippen LogP contribution in [0.5, 0.6) is 0 Å². The first-order valence-corrected chi connectivity index (χ1v) is 15.3. The summed E-state index contributed by atoms with van der Waals surface area (Å²) >= 11 is 3.36. The highest BCUT2D eigenvalue weighted by Gasteiger charge is 2.33. The second-order valence-corrected chi connectivity index (χ2v) is 14.0. The fourth-order valence-electron chi connectivity index (χ4n) is 3.72. The van der Waals surface area contributed by atoms with Crippen molar-refractivity contribution in [2.75, 3.05) is 31.1 Å². The number of nitro benzene ring substituents is 1. The van der Waals surface area contributed by atoms with Crippen LogP contribution in [0.3, 0.4) is 0 Å². The Hall–Kier alpha value is -3.83. The van der Waals surface area contributed by atoms with Gasteiger partial charge in [0, 0.05) is 38.4 Å². The van der Waals surface area contributed by atoms with Gasteiger partial charge < -0.3 is 14.8 Å². The topological polar surface area (TPSA) is 179 Å². The number of carbonyl (C=O) groups is 2. The molecule has 2 heterocycles. The van der Waals surface area contributed by atoms with E-state index in [0.29, 0.717) is 10.1 Å². The zero-order valence-corrected chi connectivity index (χ0v) is 27.0. The van der Waals surface area contributed by atoms with Gasteiger partial charge in [-0.25, -0.2) is 27.5 Å². The number of halogens is 1. The van der Waals surface area contributed by atoms with Gasteiger partial charge in [-0.15, -0.1) is 0 Å². The molecule has 15 nitrogen and oxygen atoms in total. The van der Waals surface area contributed by atoms with E-state index in [4.69, 9.17) is 9.47 Å². The highest BCUT2D eigenvalue weighted by atomic mass is 79.9. The van der Waals surface area contributed by atoms with Crippen molar-refractivity contribution in [2.24, 2.45) is 0 Å². The molecule has 1 aromatic carbocycles. The van der Waals surface area contributed by atoms with Crippen LogP contribution < -0.4 is 10.2 Å². The SMILES string of the molecule is CC(C)(C)OC(=O)NCCN(CCN(C(=O)OC(C)(C)C)c1ccn2ncc(Br)c2n1)S(=O)(=O)c1ccccc1[N+](=O)[O-]. The van der Waals surface area contributed by atoms with Gasteiger partial charge in [-0.2, -0.15) is 9.40 Å². The number of rotatable bonds is 10. The molecule has 0 atom stereocenters. The maximum Gasteiger partial charge on any atom is 0.416 e. The molecule has 0 aliphatic carbocycles. The first-order chi connectivity index (χ1) is 19.9. The van der Waals surface area contributed by atoms with Crippen molar-refractivity contribution in [3.63, 3.8) is 0 Å². The number of nitrogens with zero attached hydrogens (tertiary/aromatic N) is 6. The number of amides is 2. The summed E-state index contributed by atoms with van der Waals surface area (Å²) in [4.78, 5) is 41.5. The summed E-state index contributed by atoms with van der Waals surface area (Å²) in [6.45, 7) is 9.01. The molecule has 0 aliphatic rings. The molecule has 0 saturated carbocycles. The van der Waals surface area contributed by atoms with Crippen LogP contribution in [0.15, 0.2) is 52.1 Å². The molecule has 234 valence electrons. The van der Waals surface area contributed by atoms with Crippen LogP contribution in [0.2, 0.25) is 0 Å². The molecule has 2 aromatic heterocycles. The van der Waals surface area contributed by atoms with Gasteiger partial charge >= 0.3 is 12.2 Å². The maximum absolute atomic E-state index is 13.8. The third-order valence-corrected chi connectivity index (χ3v) is 7.99. The molecule has 3 aromatic rings. The van der Waals surface area contributed by atoms with Crippen LogP contribution in [0, 0.1) is 10.1 Å². The molecule has 0 unspecified atom stereocenters. The summed E-state index contributed by atoms with van der Waals surface area (Å²) in [6, 6.07) is 6.44. The van der Waals surface area contributed by atoms with Gasteiger partial charge in [0.05, 0.1) is 15.6 Å². The Morgan fingerprint density at radius 1 is 1.05 bits per heavy atom. The minimum absolute atomic E-state index is 0.151. The number of benzene rings is 1. The smallest absolute Gasteiger partial charge is 0.416 e. The van der Waals surface area contributed by atoms with Gasteiger partial charge in [0.15, 0.2) is 10.5 Å². The minimum atomic E-state index is -4.50. The Kier molecular flexibility index (Phi) is 10.3. The fourth-order valence-corrected chi connectivity index (χ4v) is 5.68. The van der Waals surface area contributed by atoms with Crippen molar-refractivity contribution in [3.8, 4) is 0 Å². The van der Waals surface area contributed by atoms with Crippen molar-refractivity contribution in [2.45, 2.75) is 57.6 Å². The number of nitrogens with one attached hydrogen (secondary N) is 1. The van der Waals surface area contributed by atoms with Crippen molar-refractivity contribution in [1.82, 2.24) is 24.2 Å². The van der Waals surface area contributed by atoms with Gasteiger partial charge in [-0.05, 0) is 69.6 Å². The molecule has 0 bridgehead atoms. The quantitative estimate of drug-likeness (QED) is 0.238. The number of nitro groups is 1. The molecular weight excluding hydrogens is 650 g/mol. The number of para-hydroxylation sites is 1. The number of ether oxygens (including phenoxy) is 2. The number of hydrogen-bond donors (Lipinski definition) is 1. The van der Waals surface area contributed by atoms with E-state index in [0.717, 1.165) is 21.3 Å². The predicted molar refractivity (Wildman–Crippen MR) is 160 cm³/mol. The summed E-state index contributed by atoms with van der Waals surface area (Å²) in [5, 5.41) is 18.3. The molecule has 0 fully saturated rings. The zero-order chi connectivity index (χ0) is 32.2. The summed E-state index contributed by atoms with van der Waals surface area (Å²) in [5.41, 5.74) is -1.89. The van der Waals surface area contributed by atoms with E-state index in [1.54, 1.807) is 47.7 Å². The molecule has 0 spiro atoms. The van der Waals surface area contributed by atoms with Gasteiger partial charge in [0.25, 0.3) is 5.69 Å². The van der Waals surface area contributed by atoms with E-state index >= 15 is 0 Å². The van der Waals surface area contributed by atoms with Gasteiger partial charge in [-0.1, -0.05) is 12.1 Å². The van der Waals surface area contributed by atoms with E-state index in [9.17, 15) is 28.1 Å². The van der Waals surface area contributed by atoms with Gasteiger partial charge in [-0.3, -0.25) is 15.0 Å². The van der Waals surface area contributed by atoms with E-state index < -0.39 is 48.9 Å². The Bertz CT molecular complexity index is 1600. The first kappa shape index (κ1) is 33.7. The molecule has 0 radical (unpaired) electrons. The molecule has 0 saturated heterocycles. The Morgan fingerprint density at radius 3 is 2.33 bits per heavy atom. The number of anilines is 1. The molecule has 2 amide bonds. The average molecular weight is 685 g/mol. The highest BCUT2D eigenvalue weighted by Crippen LogP contribution is 2.27. The van der Waals surface area contributed by atoms with Crippen LogP contribution in [-0.2, 0) is 19.5 Å². The lowest BCUT2D eigenvalue weighted by Gasteiger charge is -2.29. The minimum Gasteiger partial charge on any atom is -0.444 e. The van der Waals surface area contributed by atoms with Gasteiger partial charge in [0.1, 0.15) is 17.0 Å². The van der Waals surface area contributed by atoms with E-state index in [2.05, 4.69) is 31.3 Å². The highest BCUT2D eigenvalue weighted by molar-refractivity contribution is 9.10. The number of carbonyl (C=O) groups excluding carboxylic acids is 2. The van der Waals surface area contributed by atoms with Crippen LogP contribution in [0.1, 0.15) is 41.5 Å². The predicted octanol–water partition coefficient (Wildman–Crippen LogP) is 4.36. The summed E-state index contributed by atoms with van der Waals surface area (Å²) in [7, 11) is -4.50. The second-order valence-electron chi connectivity index (χ2n) is 11.2. The van der Waals surface area contributed by atoms with Crippen LogP contribution in [-0.4, -0.2) is 81.8 Å².